The maximum atomic E-state index is 12.3. The first-order valence-corrected chi connectivity index (χ1v) is 7.55. The van der Waals surface area contributed by atoms with E-state index in [1.54, 1.807) is 6.20 Å². The van der Waals surface area contributed by atoms with Crippen molar-refractivity contribution in [1.82, 2.24) is 15.6 Å². The molecule has 2 heterocycles. The number of nitrogens with zero attached hydrogens (tertiary/aromatic N) is 1. The Morgan fingerprint density at radius 3 is 2.86 bits per heavy atom. The van der Waals surface area contributed by atoms with Gasteiger partial charge in [-0.2, -0.15) is 0 Å². The quantitative estimate of drug-likeness (QED) is 0.853. The topological polar surface area (TPSA) is 63.2 Å². The molecular formula is C16H23N3O2. The Labute approximate surface area is 125 Å². The summed E-state index contributed by atoms with van der Waals surface area (Å²) in [4.78, 5) is 16.5. The first kappa shape index (κ1) is 14.3. The molecule has 5 heteroatoms. The molecule has 1 saturated heterocycles. The van der Waals surface area contributed by atoms with Gasteiger partial charge in [0.2, 0.25) is 11.8 Å². The standard InChI is InChI=1S/C16H23N3O2/c1-10-5-4-6-18-15(10)21-9-16(2,3)19-14(20)13-11-7-17-8-12(11)13/h4-6,11-13,17H,7-9H2,1-3H3,(H,19,20)/t11-,12?,13+/m0/s1. The zero-order valence-electron chi connectivity index (χ0n) is 12.8. The van der Waals surface area contributed by atoms with Crippen molar-refractivity contribution in [2.45, 2.75) is 26.3 Å². The van der Waals surface area contributed by atoms with Crippen LogP contribution in [0.2, 0.25) is 0 Å². The second-order valence-electron chi connectivity index (χ2n) is 6.80. The summed E-state index contributed by atoms with van der Waals surface area (Å²) >= 11 is 0. The fourth-order valence-electron chi connectivity index (χ4n) is 3.13. The normalized spacial score (nSPS) is 27.1. The van der Waals surface area contributed by atoms with E-state index in [0.29, 0.717) is 24.3 Å². The summed E-state index contributed by atoms with van der Waals surface area (Å²) in [5, 5.41) is 6.43. The minimum Gasteiger partial charge on any atom is -0.475 e. The molecule has 1 amide bonds. The minimum absolute atomic E-state index is 0.165. The lowest BCUT2D eigenvalue weighted by Gasteiger charge is -2.26. The van der Waals surface area contributed by atoms with Gasteiger partial charge in [0.25, 0.3) is 0 Å². The van der Waals surface area contributed by atoms with Crippen LogP contribution in [-0.2, 0) is 4.79 Å². The van der Waals surface area contributed by atoms with E-state index in [-0.39, 0.29) is 11.8 Å². The van der Waals surface area contributed by atoms with Crippen molar-refractivity contribution in [3.8, 4) is 5.88 Å². The van der Waals surface area contributed by atoms with Crippen LogP contribution in [0.15, 0.2) is 18.3 Å². The number of hydrogen-bond donors (Lipinski definition) is 2. The Kier molecular flexibility index (Phi) is 3.61. The zero-order valence-corrected chi connectivity index (χ0v) is 12.8. The molecule has 3 rings (SSSR count). The molecule has 21 heavy (non-hydrogen) atoms. The van der Waals surface area contributed by atoms with Gasteiger partial charge in [-0.05, 0) is 51.8 Å². The van der Waals surface area contributed by atoms with Crippen molar-refractivity contribution in [3.63, 3.8) is 0 Å². The summed E-state index contributed by atoms with van der Waals surface area (Å²) in [7, 11) is 0. The number of fused-ring (bicyclic) bond motifs is 1. The van der Waals surface area contributed by atoms with Gasteiger partial charge in [0.1, 0.15) is 6.61 Å². The van der Waals surface area contributed by atoms with Crippen molar-refractivity contribution in [1.29, 1.82) is 0 Å². The van der Waals surface area contributed by atoms with Crippen LogP contribution in [0.25, 0.3) is 0 Å². The lowest BCUT2D eigenvalue weighted by atomic mass is 10.1. The molecule has 1 saturated carbocycles. The van der Waals surface area contributed by atoms with E-state index in [2.05, 4.69) is 15.6 Å². The number of hydrogen-bond acceptors (Lipinski definition) is 4. The average Bonchev–Trinajstić information content (AvgIpc) is 2.92. The monoisotopic (exact) mass is 289 g/mol. The summed E-state index contributed by atoms with van der Waals surface area (Å²) in [5.74, 6) is 2.08. The largest absolute Gasteiger partial charge is 0.475 e. The summed E-state index contributed by atoms with van der Waals surface area (Å²) in [6.45, 7) is 8.31. The molecular weight excluding hydrogens is 266 g/mol. The predicted molar refractivity (Wildman–Crippen MR) is 80.0 cm³/mol. The third kappa shape index (κ3) is 3.02. The van der Waals surface area contributed by atoms with Crippen molar-refractivity contribution < 1.29 is 9.53 Å². The lowest BCUT2D eigenvalue weighted by molar-refractivity contribution is -0.125. The number of piperidine rings is 1. The second kappa shape index (κ2) is 5.30. The van der Waals surface area contributed by atoms with E-state index in [9.17, 15) is 4.79 Å². The van der Waals surface area contributed by atoms with Gasteiger partial charge in [0.15, 0.2) is 0 Å². The number of amides is 1. The minimum atomic E-state index is -0.397. The van der Waals surface area contributed by atoms with Crippen LogP contribution in [-0.4, -0.2) is 36.1 Å². The fourth-order valence-corrected chi connectivity index (χ4v) is 3.13. The van der Waals surface area contributed by atoms with Gasteiger partial charge in [-0.25, -0.2) is 4.98 Å². The molecule has 2 fully saturated rings. The molecule has 0 bridgehead atoms. The van der Waals surface area contributed by atoms with Crippen LogP contribution in [0.3, 0.4) is 0 Å². The number of rotatable bonds is 5. The predicted octanol–water partition coefficient (Wildman–Crippen LogP) is 1.13. The number of nitrogens with one attached hydrogen (secondary N) is 2. The Morgan fingerprint density at radius 2 is 2.19 bits per heavy atom. The second-order valence-corrected chi connectivity index (χ2v) is 6.80. The summed E-state index contributed by atoms with van der Waals surface area (Å²) < 4.78 is 5.76. The highest BCUT2D eigenvalue weighted by Crippen LogP contribution is 2.48. The number of aryl methyl sites for hydroxylation is 1. The smallest absolute Gasteiger partial charge is 0.224 e. The molecule has 1 aliphatic heterocycles. The molecule has 3 atom stereocenters. The molecule has 1 aliphatic carbocycles. The Balaban J connectivity index is 1.52. The third-order valence-corrected chi connectivity index (χ3v) is 4.39. The Bertz CT molecular complexity index is 534. The van der Waals surface area contributed by atoms with Gasteiger partial charge in [-0.15, -0.1) is 0 Å². The first-order valence-electron chi connectivity index (χ1n) is 7.55. The molecule has 114 valence electrons. The Hall–Kier alpha value is -1.62. The van der Waals surface area contributed by atoms with Crippen LogP contribution in [0.4, 0.5) is 0 Å². The van der Waals surface area contributed by atoms with E-state index >= 15 is 0 Å². The maximum absolute atomic E-state index is 12.3. The first-order chi connectivity index (χ1) is 9.98. The Morgan fingerprint density at radius 1 is 1.48 bits per heavy atom. The van der Waals surface area contributed by atoms with Gasteiger partial charge in [-0.3, -0.25) is 4.79 Å². The van der Waals surface area contributed by atoms with Gasteiger partial charge in [-0.1, -0.05) is 6.07 Å². The highest BCUT2D eigenvalue weighted by molar-refractivity contribution is 5.83. The molecule has 2 N–H and O–H groups in total. The molecule has 5 nitrogen and oxygen atoms in total. The van der Waals surface area contributed by atoms with Crippen molar-refractivity contribution in [2.75, 3.05) is 19.7 Å². The molecule has 1 unspecified atom stereocenters. The van der Waals surface area contributed by atoms with Gasteiger partial charge >= 0.3 is 0 Å². The van der Waals surface area contributed by atoms with Crippen molar-refractivity contribution in [3.05, 3.63) is 23.9 Å². The molecule has 2 aliphatic rings. The number of pyridine rings is 1. The summed E-state index contributed by atoms with van der Waals surface area (Å²) in [6.07, 6.45) is 1.71. The number of carbonyl (C=O) groups is 1. The molecule has 1 aromatic rings. The van der Waals surface area contributed by atoms with Crippen molar-refractivity contribution >= 4 is 5.91 Å². The van der Waals surface area contributed by atoms with E-state index < -0.39 is 5.54 Å². The average molecular weight is 289 g/mol. The van der Waals surface area contributed by atoms with E-state index in [0.717, 1.165) is 18.7 Å². The van der Waals surface area contributed by atoms with E-state index in [1.807, 2.05) is 32.9 Å². The van der Waals surface area contributed by atoms with Crippen molar-refractivity contribution in [2.24, 2.45) is 17.8 Å². The number of carbonyl (C=O) groups excluding carboxylic acids is 1. The summed E-state index contributed by atoms with van der Waals surface area (Å²) in [5.41, 5.74) is 0.605. The van der Waals surface area contributed by atoms with Gasteiger partial charge in [0.05, 0.1) is 5.54 Å². The molecule has 0 radical (unpaired) electrons. The van der Waals surface area contributed by atoms with E-state index in [1.165, 1.54) is 0 Å². The van der Waals surface area contributed by atoms with Crippen LogP contribution in [0.5, 0.6) is 5.88 Å². The fraction of sp³-hybridized carbons (Fsp3) is 0.625. The summed E-state index contributed by atoms with van der Waals surface area (Å²) in [6, 6.07) is 3.85. The van der Waals surface area contributed by atoms with Crippen LogP contribution >= 0.6 is 0 Å². The highest BCUT2D eigenvalue weighted by Gasteiger charge is 2.57. The highest BCUT2D eigenvalue weighted by atomic mass is 16.5. The van der Waals surface area contributed by atoms with Crippen LogP contribution in [0, 0.1) is 24.7 Å². The van der Waals surface area contributed by atoms with Gasteiger partial charge in [0, 0.05) is 17.7 Å². The third-order valence-electron chi connectivity index (χ3n) is 4.39. The molecule has 1 aromatic heterocycles. The maximum Gasteiger partial charge on any atom is 0.224 e. The van der Waals surface area contributed by atoms with E-state index in [4.69, 9.17) is 4.74 Å². The van der Waals surface area contributed by atoms with Crippen LogP contribution < -0.4 is 15.4 Å². The SMILES string of the molecule is Cc1cccnc1OCC(C)(C)NC(=O)[C@H]1C2CNC[C@@H]21. The lowest BCUT2D eigenvalue weighted by Crippen LogP contribution is -2.49. The molecule has 0 spiro atoms. The molecule has 0 aromatic carbocycles. The number of ether oxygens (including phenoxy) is 1. The number of aromatic nitrogens is 1. The van der Waals surface area contributed by atoms with Gasteiger partial charge < -0.3 is 15.4 Å². The zero-order chi connectivity index (χ0) is 15.0. The van der Waals surface area contributed by atoms with Crippen LogP contribution in [0.1, 0.15) is 19.4 Å².